The van der Waals surface area contributed by atoms with Gasteiger partial charge in [-0.2, -0.15) is 0 Å². The highest BCUT2D eigenvalue weighted by Crippen LogP contribution is 2.31. The Morgan fingerprint density at radius 3 is 2.55 bits per heavy atom. The molecule has 2 atom stereocenters. The fraction of sp³-hybridized carbons (Fsp3) is 0.154. The van der Waals surface area contributed by atoms with Gasteiger partial charge in [0.05, 0.1) is 19.6 Å². The third-order valence-corrected chi connectivity index (χ3v) is 6.49. The molecule has 0 bridgehead atoms. The van der Waals surface area contributed by atoms with Crippen LogP contribution < -0.4 is 9.46 Å². The zero-order valence-corrected chi connectivity index (χ0v) is 19.0. The molecule has 33 heavy (non-hydrogen) atoms. The fourth-order valence-corrected chi connectivity index (χ4v) is 4.85. The number of hydrogen-bond donors (Lipinski definition) is 1. The standard InChI is InChI=1S/C26H24N2O4S/c1-31-24-14-13-20-10-5-6-12-22(20)26(24)33(30)28-23(21-11-7-15-27-17-21)16-25(29)32-18-19-8-3-2-4-9-19/h2-15,17,23,28H,16,18H2,1H3/t23-,33-/m1/s1. The van der Waals surface area contributed by atoms with E-state index in [2.05, 4.69) is 9.71 Å². The molecule has 0 unspecified atom stereocenters. The van der Waals surface area contributed by atoms with Crippen LogP contribution in [0.3, 0.4) is 0 Å². The number of hydrogen-bond acceptors (Lipinski definition) is 5. The fourth-order valence-electron chi connectivity index (χ4n) is 3.54. The lowest BCUT2D eigenvalue weighted by atomic mass is 10.1. The van der Waals surface area contributed by atoms with Crippen molar-refractivity contribution in [3.8, 4) is 5.75 Å². The van der Waals surface area contributed by atoms with E-state index in [1.807, 2.05) is 66.7 Å². The summed E-state index contributed by atoms with van der Waals surface area (Å²) in [5.74, 6) is 0.109. The molecule has 0 radical (unpaired) electrons. The number of carbonyl (C=O) groups excluding carboxylic acids is 1. The zero-order chi connectivity index (χ0) is 23.0. The number of fused-ring (bicyclic) bond motifs is 1. The van der Waals surface area contributed by atoms with E-state index < -0.39 is 23.0 Å². The summed E-state index contributed by atoms with van der Waals surface area (Å²) in [7, 11) is -0.121. The van der Waals surface area contributed by atoms with Crippen LogP contribution in [0, 0.1) is 0 Å². The molecule has 0 saturated carbocycles. The average Bonchev–Trinajstić information content (AvgIpc) is 2.87. The third-order valence-electron chi connectivity index (χ3n) is 5.20. The molecule has 4 rings (SSSR count). The molecular weight excluding hydrogens is 436 g/mol. The van der Waals surface area contributed by atoms with Crippen LogP contribution in [-0.4, -0.2) is 22.3 Å². The number of ether oxygens (including phenoxy) is 2. The van der Waals surface area contributed by atoms with E-state index in [0.29, 0.717) is 10.6 Å². The highest BCUT2D eigenvalue weighted by Gasteiger charge is 2.23. The Hall–Kier alpha value is -3.55. The Bertz CT molecular complexity index is 1250. The Morgan fingerprint density at radius 2 is 1.79 bits per heavy atom. The van der Waals surface area contributed by atoms with Gasteiger partial charge < -0.3 is 9.47 Å². The first-order valence-corrected chi connectivity index (χ1v) is 11.6. The summed E-state index contributed by atoms with van der Waals surface area (Å²) in [5.41, 5.74) is 1.64. The van der Waals surface area contributed by atoms with Crippen molar-refractivity contribution in [2.24, 2.45) is 0 Å². The first kappa shape index (κ1) is 22.6. The molecule has 168 valence electrons. The van der Waals surface area contributed by atoms with Crippen molar-refractivity contribution in [1.82, 2.24) is 9.71 Å². The van der Waals surface area contributed by atoms with Crippen molar-refractivity contribution in [2.75, 3.05) is 7.11 Å². The van der Waals surface area contributed by atoms with E-state index in [4.69, 9.17) is 9.47 Å². The molecule has 0 fully saturated rings. The van der Waals surface area contributed by atoms with Crippen LogP contribution in [0.25, 0.3) is 10.8 Å². The monoisotopic (exact) mass is 460 g/mol. The second-order valence-corrected chi connectivity index (χ2v) is 8.58. The van der Waals surface area contributed by atoms with Crippen molar-refractivity contribution in [3.05, 3.63) is 102 Å². The molecule has 7 heteroatoms. The van der Waals surface area contributed by atoms with Gasteiger partial charge in [0.25, 0.3) is 0 Å². The summed E-state index contributed by atoms with van der Waals surface area (Å²) < 4.78 is 27.6. The van der Waals surface area contributed by atoms with Crippen LogP contribution in [0.2, 0.25) is 0 Å². The minimum Gasteiger partial charge on any atom is -0.495 e. The maximum atomic E-state index is 13.5. The molecule has 0 aliphatic carbocycles. The van der Waals surface area contributed by atoms with Gasteiger partial charge in [-0.15, -0.1) is 0 Å². The predicted octanol–water partition coefficient (Wildman–Crippen LogP) is 4.73. The van der Waals surface area contributed by atoms with Gasteiger partial charge in [0.15, 0.2) is 0 Å². The average molecular weight is 461 g/mol. The van der Waals surface area contributed by atoms with Gasteiger partial charge in [-0.3, -0.25) is 9.78 Å². The van der Waals surface area contributed by atoms with Crippen molar-refractivity contribution in [2.45, 2.75) is 24.0 Å². The molecule has 0 aliphatic heterocycles. The SMILES string of the molecule is COc1ccc2ccccc2c1[S@@](=O)N[C@H](CC(=O)OCc1ccccc1)c1cccnc1. The van der Waals surface area contributed by atoms with Gasteiger partial charge in [0.2, 0.25) is 0 Å². The first-order valence-electron chi connectivity index (χ1n) is 10.5. The van der Waals surface area contributed by atoms with Crippen LogP contribution in [0.1, 0.15) is 23.6 Å². The van der Waals surface area contributed by atoms with Crippen LogP contribution in [0.4, 0.5) is 0 Å². The summed E-state index contributed by atoms with van der Waals surface area (Å²) in [5, 5.41) is 1.77. The normalized spacial score (nSPS) is 12.8. The maximum Gasteiger partial charge on any atom is 0.308 e. The molecule has 0 saturated heterocycles. The number of esters is 1. The highest BCUT2D eigenvalue weighted by molar-refractivity contribution is 7.83. The largest absolute Gasteiger partial charge is 0.495 e. The van der Waals surface area contributed by atoms with E-state index in [9.17, 15) is 9.00 Å². The lowest BCUT2D eigenvalue weighted by Gasteiger charge is -2.19. The summed E-state index contributed by atoms with van der Waals surface area (Å²) in [6, 6.07) is 23.9. The van der Waals surface area contributed by atoms with Gasteiger partial charge in [-0.1, -0.05) is 66.7 Å². The Labute approximate surface area is 195 Å². The molecular formula is C26H24N2O4S. The Balaban J connectivity index is 1.57. The summed E-state index contributed by atoms with van der Waals surface area (Å²) in [4.78, 5) is 17.3. The number of methoxy groups -OCH3 is 1. The Morgan fingerprint density at radius 1 is 1.00 bits per heavy atom. The molecule has 1 aromatic heterocycles. The van der Waals surface area contributed by atoms with Crippen molar-refractivity contribution in [3.63, 3.8) is 0 Å². The third kappa shape index (κ3) is 5.63. The van der Waals surface area contributed by atoms with Crippen molar-refractivity contribution in [1.29, 1.82) is 0 Å². The first-order chi connectivity index (χ1) is 16.2. The topological polar surface area (TPSA) is 77.5 Å². The number of nitrogens with zero attached hydrogens (tertiary/aromatic N) is 1. The van der Waals surface area contributed by atoms with Gasteiger partial charge in [-0.05, 0) is 28.6 Å². The number of rotatable bonds is 9. The number of pyridine rings is 1. The van der Waals surface area contributed by atoms with Crippen LogP contribution in [-0.2, 0) is 27.1 Å². The Kier molecular flexibility index (Phi) is 7.44. The van der Waals surface area contributed by atoms with E-state index in [-0.39, 0.29) is 13.0 Å². The van der Waals surface area contributed by atoms with Gasteiger partial charge in [-0.25, -0.2) is 8.93 Å². The summed E-state index contributed by atoms with van der Waals surface area (Å²) >= 11 is 0. The number of benzene rings is 3. The van der Waals surface area contributed by atoms with Crippen molar-refractivity contribution >= 4 is 27.7 Å². The zero-order valence-electron chi connectivity index (χ0n) is 18.1. The molecule has 0 spiro atoms. The molecule has 3 aromatic carbocycles. The van der Waals surface area contributed by atoms with Crippen LogP contribution >= 0.6 is 0 Å². The van der Waals surface area contributed by atoms with Gasteiger partial charge >= 0.3 is 5.97 Å². The molecule has 0 amide bonds. The maximum absolute atomic E-state index is 13.5. The van der Waals surface area contributed by atoms with Crippen molar-refractivity contribution < 1.29 is 18.5 Å². The van der Waals surface area contributed by atoms with E-state index >= 15 is 0 Å². The van der Waals surface area contributed by atoms with E-state index in [1.54, 1.807) is 31.6 Å². The van der Waals surface area contributed by atoms with E-state index in [0.717, 1.165) is 21.9 Å². The quantitative estimate of drug-likeness (QED) is 0.366. The number of aromatic nitrogens is 1. The summed E-state index contributed by atoms with van der Waals surface area (Å²) in [6.07, 6.45) is 3.30. The molecule has 1 N–H and O–H groups in total. The van der Waals surface area contributed by atoms with Crippen LogP contribution in [0.15, 0.2) is 96.2 Å². The number of carbonyl (C=O) groups is 1. The van der Waals surface area contributed by atoms with Crippen LogP contribution in [0.5, 0.6) is 5.75 Å². The molecule has 1 heterocycles. The lowest BCUT2D eigenvalue weighted by Crippen LogP contribution is -2.27. The second-order valence-electron chi connectivity index (χ2n) is 7.39. The highest BCUT2D eigenvalue weighted by atomic mass is 32.2. The lowest BCUT2D eigenvalue weighted by molar-refractivity contribution is -0.145. The van der Waals surface area contributed by atoms with Gasteiger partial charge in [0.1, 0.15) is 28.2 Å². The van der Waals surface area contributed by atoms with E-state index in [1.165, 1.54) is 0 Å². The smallest absolute Gasteiger partial charge is 0.308 e. The molecule has 0 aliphatic rings. The molecule has 4 aromatic rings. The van der Waals surface area contributed by atoms with Gasteiger partial charge in [0, 0.05) is 17.8 Å². The minimum absolute atomic E-state index is 0.00263. The predicted molar refractivity (Wildman–Crippen MR) is 128 cm³/mol. The summed E-state index contributed by atoms with van der Waals surface area (Å²) in [6.45, 7) is 0.180. The molecule has 6 nitrogen and oxygen atoms in total. The number of nitrogens with one attached hydrogen (secondary N) is 1. The second kappa shape index (κ2) is 10.8. The minimum atomic E-state index is -1.67.